The monoisotopic (exact) mass is 226 g/mol. The SMILES string of the molecule is CC(C)N1CCC(CC2COC(=O)N2)CC1. The number of amides is 1. The third kappa shape index (κ3) is 2.88. The molecule has 0 spiro atoms. The Morgan fingerprint density at radius 2 is 2.12 bits per heavy atom. The number of piperidine rings is 1. The van der Waals surface area contributed by atoms with Gasteiger partial charge in [0.25, 0.3) is 0 Å². The van der Waals surface area contributed by atoms with E-state index in [1.54, 1.807) is 0 Å². The molecule has 0 aliphatic carbocycles. The summed E-state index contributed by atoms with van der Waals surface area (Å²) in [7, 11) is 0. The minimum absolute atomic E-state index is 0.246. The minimum atomic E-state index is -0.246. The van der Waals surface area contributed by atoms with E-state index in [4.69, 9.17) is 4.74 Å². The van der Waals surface area contributed by atoms with Crippen LogP contribution in [0.25, 0.3) is 0 Å². The number of hydrogen-bond acceptors (Lipinski definition) is 3. The fourth-order valence-corrected chi connectivity index (χ4v) is 2.66. The third-order valence-electron chi connectivity index (χ3n) is 3.73. The van der Waals surface area contributed by atoms with Crippen molar-refractivity contribution in [3.05, 3.63) is 0 Å². The number of carbonyl (C=O) groups is 1. The van der Waals surface area contributed by atoms with Gasteiger partial charge in [0.05, 0.1) is 6.04 Å². The van der Waals surface area contributed by atoms with Crippen LogP contribution in [-0.2, 0) is 4.74 Å². The summed E-state index contributed by atoms with van der Waals surface area (Å²) in [5, 5.41) is 2.86. The normalized spacial score (nSPS) is 28.2. The van der Waals surface area contributed by atoms with Gasteiger partial charge in [-0.05, 0) is 52.1 Å². The molecule has 1 N–H and O–H groups in total. The molecule has 2 fully saturated rings. The molecule has 0 radical (unpaired) electrons. The van der Waals surface area contributed by atoms with Crippen LogP contribution < -0.4 is 5.32 Å². The summed E-state index contributed by atoms with van der Waals surface area (Å²) in [4.78, 5) is 13.4. The molecule has 4 heteroatoms. The van der Waals surface area contributed by atoms with Crippen LogP contribution in [0.1, 0.15) is 33.1 Å². The molecule has 0 aromatic rings. The minimum Gasteiger partial charge on any atom is -0.447 e. The number of alkyl carbamates (subject to hydrolysis) is 1. The molecule has 2 saturated heterocycles. The first kappa shape index (κ1) is 11.7. The quantitative estimate of drug-likeness (QED) is 0.795. The van der Waals surface area contributed by atoms with Crippen molar-refractivity contribution in [2.45, 2.75) is 45.2 Å². The van der Waals surface area contributed by atoms with Gasteiger partial charge in [0, 0.05) is 6.04 Å². The van der Waals surface area contributed by atoms with Crippen LogP contribution >= 0.6 is 0 Å². The summed E-state index contributed by atoms with van der Waals surface area (Å²) < 4.78 is 4.91. The van der Waals surface area contributed by atoms with Crippen molar-refractivity contribution in [3.63, 3.8) is 0 Å². The molecule has 0 saturated carbocycles. The van der Waals surface area contributed by atoms with E-state index in [0.717, 1.165) is 12.3 Å². The average Bonchev–Trinajstić information content (AvgIpc) is 2.65. The second kappa shape index (κ2) is 5.04. The molecule has 2 aliphatic rings. The van der Waals surface area contributed by atoms with Crippen molar-refractivity contribution >= 4 is 6.09 Å². The topological polar surface area (TPSA) is 41.6 Å². The van der Waals surface area contributed by atoms with Gasteiger partial charge in [-0.1, -0.05) is 0 Å². The number of ether oxygens (including phenoxy) is 1. The maximum Gasteiger partial charge on any atom is 0.407 e. The molecule has 1 amide bonds. The Kier molecular flexibility index (Phi) is 3.69. The molecule has 0 bridgehead atoms. The van der Waals surface area contributed by atoms with Crippen LogP contribution in [0, 0.1) is 5.92 Å². The largest absolute Gasteiger partial charge is 0.447 e. The lowest BCUT2D eigenvalue weighted by molar-refractivity contribution is 0.139. The first-order valence-electron chi connectivity index (χ1n) is 6.32. The van der Waals surface area contributed by atoms with E-state index in [-0.39, 0.29) is 12.1 Å². The number of rotatable bonds is 3. The first-order valence-corrected chi connectivity index (χ1v) is 6.32. The average molecular weight is 226 g/mol. The van der Waals surface area contributed by atoms with Crippen molar-refractivity contribution in [1.82, 2.24) is 10.2 Å². The molecule has 0 aromatic carbocycles. The first-order chi connectivity index (χ1) is 7.65. The summed E-state index contributed by atoms with van der Waals surface area (Å²) in [5.41, 5.74) is 0. The Morgan fingerprint density at radius 3 is 2.62 bits per heavy atom. The van der Waals surface area contributed by atoms with E-state index in [9.17, 15) is 4.79 Å². The number of hydrogen-bond donors (Lipinski definition) is 1. The van der Waals surface area contributed by atoms with E-state index >= 15 is 0 Å². The summed E-state index contributed by atoms with van der Waals surface area (Å²) in [6.07, 6.45) is 3.34. The van der Waals surface area contributed by atoms with Crippen molar-refractivity contribution in [1.29, 1.82) is 0 Å². The zero-order valence-corrected chi connectivity index (χ0v) is 10.2. The molecule has 2 aliphatic heterocycles. The predicted molar refractivity (Wildman–Crippen MR) is 62.3 cm³/mol. The van der Waals surface area contributed by atoms with Gasteiger partial charge in [-0.15, -0.1) is 0 Å². The van der Waals surface area contributed by atoms with Crippen LogP contribution in [-0.4, -0.2) is 42.8 Å². The summed E-state index contributed by atoms with van der Waals surface area (Å²) in [5.74, 6) is 0.752. The van der Waals surface area contributed by atoms with Crippen LogP contribution in [0.4, 0.5) is 4.79 Å². The van der Waals surface area contributed by atoms with Gasteiger partial charge in [0.1, 0.15) is 6.61 Å². The van der Waals surface area contributed by atoms with Gasteiger partial charge in [0.15, 0.2) is 0 Å². The lowest BCUT2D eigenvalue weighted by atomic mass is 9.90. The molecule has 16 heavy (non-hydrogen) atoms. The van der Waals surface area contributed by atoms with E-state index < -0.39 is 0 Å². The van der Waals surface area contributed by atoms with E-state index in [0.29, 0.717) is 12.6 Å². The van der Waals surface area contributed by atoms with Crippen molar-refractivity contribution in [2.24, 2.45) is 5.92 Å². The zero-order chi connectivity index (χ0) is 11.5. The standard InChI is InChI=1S/C12H22N2O2/c1-9(2)14-5-3-10(4-6-14)7-11-8-16-12(15)13-11/h9-11H,3-8H2,1-2H3,(H,13,15). The molecular weight excluding hydrogens is 204 g/mol. The van der Waals surface area contributed by atoms with Gasteiger partial charge in [-0.3, -0.25) is 0 Å². The number of carbonyl (C=O) groups excluding carboxylic acids is 1. The molecule has 2 heterocycles. The van der Waals surface area contributed by atoms with Crippen molar-refractivity contribution < 1.29 is 9.53 Å². The lowest BCUT2D eigenvalue weighted by Crippen LogP contribution is -2.40. The number of likely N-dealkylation sites (tertiary alicyclic amines) is 1. The Morgan fingerprint density at radius 1 is 1.44 bits per heavy atom. The maximum atomic E-state index is 10.9. The predicted octanol–water partition coefficient (Wildman–Crippen LogP) is 1.61. The second-order valence-electron chi connectivity index (χ2n) is 5.25. The molecule has 92 valence electrons. The summed E-state index contributed by atoms with van der Waals surface area (Å²) in [6, 6.07) is 0.915. The number of nitrogens with one attached hydrogen (secondary N) is 1. The second-order valence-corrected chi connectivity index (χ2v) is 5.25. The van der Waals surface area contributed by atoms with Crippen LogP contribution in [0.15, 0.2) is 0 Å². The molecule has 4 nitrogen and oxygen atoms in total. The zero-order valence-electron chi connectivity index (χ0n) is 10.2. The Balaban J connectivity index is 1.71. The maximum absolute atomic E-state index is 10.9. The fourth-order valence-electron chi connectivity index (χ4n) is 2.66. The van der Waals surface area contributed by atoms with E-state index in [2.05, 4.69) is 24.1 Å². The molecule has 1 unspecified atom stereocenters. The highest BCUT2D eigenvalue weighted by atomic mass is 16.6. The van der Waals surface area contributed by atoms with E-state index in [1.807, 2.05) is 0 Å². The molecule has 0 aromatic heterocycles. The molecular formula is C12H22N2O2. The molecule has 2 rings (SSSR count). The van der Waals surface area contributed by atoms with Crippen LogP contribution in [0.3, 0.4) is 0 Å². The third-order valence-corrected chi connectivity index (χ3v) is 3.73. The highest BCUT2D eigenvalue weighted by molar-refractivity contribution is 5.69. The Bertz CT molecular complexity index is 247. The fraction of sp³-hybridized carbons (Fsp3) is 0.917. The van der Waals surface area contributed by atoms with Crippen LogP contribution in [0.5, 0.6) is 0 Å². The Labute approximate surface area is 97.3 Å². The lowest BCUT2D eigenvalue weighted by Gasteiger charge is -2.35. The summed E-state index contributed by atoms with van der Waals surface area (Å²) in [6.45, 7) is 7.47. The highest BCUT2D eigenvalue weighted by Crippen LogP contribution is 2.24. The number of nitrogens with zero attached hydrogens (tertiary/aromatic N) is 1. The van der Waals surface area contributed by atoms with E-state index in [1.165, 1.54) is 25.9 Å². The highest BCUT2D eigenvalue weighted by Gasteiger charge is 2.28. The molecule has 1 atom stereocenters. The van der Waals surface area contributed by atoms with Gasteiger partial charge >= 0.3 is 6.09 Å². The van der Waals surface area contributed by atoms with Crippen LogP contribution in [0.2, 0.25) is 0 Å². The van der Waals surface area contributed by atoms with Gasteiger partial charge in [-0.25, -0.2) is 4.79 Å². The Hall–Kier alpha value is -0.770. The smallest absolute Gasteiger partial charge is 0.407 e. The van der Waals surface area contributed by atoms with Crippen molar-refractivity contribution in [3.8, 4) is 0 Å². The summed E-state index contributed by atoms with van der Waals surface area (Å²) >= 11 is 0. The van der Waals surface area contributed by atoms with Gasteiger partial charge in [-0.2, -0.15) is 0 Å². The van der Waals surface area contributed by atoms with Gasteiger partial charge in [0.2, 0.25) is 0 Å². The van der Waals surface area contributed by atoms with Gasteiger partial charge < -0.3 is 15.0 Å². The number of cyclic esters (lactones) is 1. The van der Waals surface area contributed by atoms with Crippen molar-refractivity contribution in [2.75, 3.05) is 19.7 Å².